The van der Waals surface area contributed by atoms with Gasteiger partial charge in [-0.25, -0.2) is 0 Å². The van der Waals surface area contributed by atoms with Crippen LogP contribution in [0.2, 0.25) is 0 Å². The fraction of sp³-hybridized carbons (Fsp3) is 1.00. The first-order valence-electron chi connectivity index (χ1n) is 5.28. The van der Waals surface area contributed by atoms with Gasteiger partial charge in [0.2, 0.25) is 0 Å². The zero-order valence-corrected chi connectivity index (χ0v) is 8.87. The molecule has 13 heavy (non-hydrogen) atoms. The second-order valence-electron chi connectivity index (χ2n) is 4.03. The van der Waals surface area contributed by atoms with E-state index in [1.54, 1.807) is 0 Å². The van der Waals surface area contributed by atoms with Crippen LogP contribution < -0.4 is 0 Å². The topological polar surface area (TPSA) is 26.7 Å². The summed E-state index contributed by atoms with van der Waals surface area (Å²) < 4.78 is 0. The molecule has 1 rings (SSSR count). The summed E-state index contributed by atoms with van der Waals surface area (Å²) in [5.41, 5.74) is 0. The highest BCUT2D eigenvalue weighted by Crippen LogP contribution is 2.15. The molecular weight excluding hydrogens is 164 g/mol. The summed E-state index contributed by atoms with van der Waals surface area (Å²) in [6.45, 7) is 7.95. The standard InChI is InChI=1S/C10H22N2O/c1-3-12(6-7-13)9-10-4-5-11(2)8-10/h10,13H,3-9H2,1-2H3/t10-/m0/s1. The average molecular weight is 186 g/mol. The predicted octanol–water partition coefficient (Wildman–Crippen LogP) is 0.252. The number of aliphatic hydroxyl groups is 1. The number of nitrogens with zero attached hydrogens (tertiary/aromatic N) is 2. The first-order valence-corrected chi connectivity index (χ1v) is 5.28. The SMILES string of the molecule is CCN(CCO)C[C@H]1CCN(C)C1. The van der Waals surface area contributed by atoms with E-state index in [-0.39, 0.29) is 6.61 Å². The number of hydrogen-bond acceptors (Lipinski definition) is 3. The Balaban J connectivity index is 2.21. The Bertz CT molecular complexity index is 139. The van der Waals surface area contributed by atoms with Crippen molar-refractivity contribution in [3.05, 3.63) is 0 Å². The van der Waals surface area contributed by atoms with Gasteiger partial charge in [0.15, 0.2) is 0 Å². The van der Waals surface area contributed by atoms with E-state index in [1.165, 1.54) is 19.5 Å². The fourth-order valence-electron chi connectivity index (χ4n) is 2.06. The predicted molar refractivity (Wildman–Crippen MR) is 54.8 cm³/mol. The lowest BCUT2D eigenvalue weighted by atomic mass is 10.1. The van der Waals surface area contributed by atoms with Crippen LogP contribution in [0.3, 0.4) is 0 Å². The molecule has 1 aliphatic rings. The van der Waals surface area contributed by atoms with Crippen molar-refractivity contribution in [2.75, 3.05) is 46.4 Å². The lowest BCUT2D eigenvalue weighted by Gasteiger charge is -2.22. The molecule has 0 amide bonds. The molecule has 1 fully saturated rings. The lowest BCUT2D eigenvalue weighted by Crippen LogP contribution is -2.32. The van der Waals surface area contributed by atoms with E-state index in [9.17, 15) is 0 Å². The first kappa shape index (κ1) is 11.0. The van der Waals surface area contributed by atoms with Crippen molar-refractivity contribution in [2.45, 2.75) is 13.3 Å². The van der Waals surface area contributed by atoms with Crippen LogP contribution >= 0.6 is 0 Å². The maximum Gasteiger partial charge on any atom is 0.0558 e. The Labute approximate surface area is 81.3 Å². The molecule has 1 N–H and O–H groups in total. The Kier molecular flexibility index (Phi) is 4.70. The molecule has 78 valence electrons. The number of likely N-dealkylation sites (N-methyl/N-ethyl adjacent to an activating group) is 1. The van der Waals surface area contributed by atoms with Crippen molar-refractivity contribution in [2.24, 2.45) is 5.92 Å². The second kappa shape index (κ2) is 5.58. The van der Waals surface area contributed by atoms with E-state index in [1.807, 2.05) is 0 Å². The summed E-state index contributed by atoms with van der Waals surface area (Å²) in [5, 5.41) is 8.84. The normalized spacial score (nSPS) is 24.5. The fourth-order valence-corrected chi connectivity index (χ4v) is 2.06. The number of aliphatic hydroxyl groups excluding tert-OH is 1. The molecule has 0 spiro atoms. The molecule has 0 saturated carbocycles. The van der Waals surface area contributed by atoms with Gasteiger partial charge in [0, 0.05) is 19.6 Å². The van der Waals surface area contributed by atoms with Gasteiger partial charge >= 0.3 is 0 Å². The number of likely N-dealkylation sites (tertiary alicyclic amines) is 1. The van der Waals surface area contributed by atoms with E-state index < -0.39 is 0 Å². The molecule has 3 heteroatoms. The van der Waals surface area contributed by atoms with E-state index in [0.29, 0.717) is 0 Å². The molecule has 1 aliphatic heterocycles. The molecule has 0 unspecified atom stereocenters. The van der Waals surface area contributed by atoms with Crippen LogP contribution in [0.1, 0.15) is 13.3 Å². The summed E-state index contributed by atoms with van der Waals surface area (Å²) >= 11 is 0. The smallest absolute Gasteiger partial charge is 0.0558 e. The molecule has 0 bridgehead atoms. The van der Waals surface area contributed by atoms with E-state index in [2.05, 4.69) is 23.8 Å². The quantitative estimate of drug-likeness (QED) is 0.667. The van der Waals surface area contributed by atoms with Crippen LogP contribution in [0.4, 0.5) is 0 Å². The lowest BCUT2D eigenvalue weighted by molar-refractivity contribution is 0.182. The number of rotatable bonds is 5. The summed E-state index contributed by atoms with van der Waals surface area (Å²) in [4.78, 5) is 4.72. The van der Waals surface area contributed by atoms with Gasteiger partial charge in [0.25, 0.3) is 0 Å². The van der Waals surface area contributed by atoms with Crippen molar-refractivity contribution in [3.63, 3.8) is 0 Å². The minimum Gasteiger partial charge on any atom is -0.395 e. The molecule has 1 atom stereocenters. The van der Waals surface area contributed by atoms with Gasteiger partial charge in [-0.05, 0) is 32.5 Å². The first-order chi connectivity index (χ1) is 6.26. The second-order valence-corrected chi connectivity index (χ2v) is 4.03. The minimum absolute atomic E-state index is 0.288. The van der Waals surface area contributed by atoms with Crippen LogP contribution in [0.15, 0.2) is 0 Å². The van der Waals surface area contributed by atoms with Crippen molar-refractivity contribution < 1.29 is 5.11 Å². The zero-order chi connectivity index (χ0) is 9.68. The maximum absolute atomic E-state index is 8.84. The third kappa shape index (κ3) is 3.63. The average Bonchev–Trinajstić information content (AvgIpc) is 2.50. The monoisotopic (exact) mass is 186 g/mol. The molecule has 1 heterocycles. The highest BCUT2D eigenvalue weighted by Gasteiger charge is 2.20. The molecule has 3 nitrogen and oxygen atoms in total. The Morgan fingerprint density at radius 2 is 2.31 bits per heavy atom. The molecule has 1 saturated heterocycles. The molecular formula is C10H22N2O. The van der Waals surface area contributed by atoms with Gasteiger partial charge in [0.05, 0.1) is 6.61 Å². The van der Waals surface area contributed by atoms with Crippen LogP contribution in [0, 0.1) is 5.92 Å². The summed E-state index contributed by atoms with van der Waals surface area (Å²) in [6.07, 6.45) is 1.32. The maximum atomic E-state index is 8.84. The van der Waals surface area contributed by atoms with Gasteiger partial charge in [-0.2, -0.15) is 0 Å². The highest BCUT2D eigenvalue weighted by atomic mass is 16.3. The van der Waals surface area contributed by atoms with Crippen molar-refractivity contribution in [1.29, 1.82) is 0 Å². The van der Waals surface area contributed by atoms with E-state index >= 15 is 0 Å². The summed E-state index contributed by atoms with van der Waals surface area (Å²) in [5.74, 6) is 0.816. The summed E-state index contributed by atoms with van der Waals surface area (Å²) in [6, 6.07) is 0. The van der Waals surface area contributed by atoms with Crippen molar-refractivity contribution in [3.8, 4) is 0 Å². The van der Waals surface area contributed by atoms with E-state index in [4.69, 9.17) is 5.11 Å². The Hall–Kier alpha value is -0.120. The molecule has 0 radical (unpaired) electrons. The van der Waals surface area contributed by atoms with Crippen molar-refractivity contribution in [1.82, 2.24) is 9.80 Å². The molecule has 0 aliphatic carbocycles. The van der Waals surface area contributed by atoms with Gasteiger partial charge < -0.3 is 14.9 Å². The Morgan fingerprint density at radius 3 is 2.77 bits per heavy atom. The largest absolute Gasteiger partial charge is 0.395 e. The van der Waals surface area contributed by atoms with Crippen molar-refractivity contribution >= 4 is 0 Å². The number of hydrogen-bond donors (Lipinski definition) is 1. The van der Waals surface area contributed by atoms with Crippen LogP contribution in [0.5, 0.6) is 0 Å². The third-order valence-corrected chi connectivity index (χ3v) is 2.87. The molecule has 0 aromatic carbocycles. The van der Waals surface area contributed by atoms with Gasteiger partial charge in [-0.3, -0.25) is 0 Å². The van der Waals surface area contributed by atoms with Gasteiger partial charge in [0.1, 0.15) is 0 Å². The zero-order valence-electron chi connectivity index (χ0n) is 8.87. The highest BCUT2D eigenvalue weighted by molar-refractivity contribution is 4.75. The third-order valence-electron chi connectivity index (χ3n) is 2.87. The van der Waals surface area contributed by atoms with Gasteiger partial charge in [-0.15, -0.1) is 0 Å². The summed E-state index contributed by atoms with van der Waals surface area (Å²) in [7, 11) is 2.18. The Morgan fingerprint density at radius 1 is 1.54 bits per heavy atom. The molecule has 0 aromatic heterocycles. The van der Waals surface area contributed by atoms with Crippen LogP contribution in [-0.2, 0) is 0 Å². The van der Waals surface area contributed by atoms with Crippen LogP contribution in [-0.4, -0.2) is 61.3 Å². The minimum atomic E-state index is 0.288. The van der Waals surface area contributed by atoms with Crippen LogP contribution in [0.25, 0.3) is 0 Å². The molecule has 0 aromatic rings. The van der Waals surface area contributed by atoms with Gasteiger partial charge in [-0.1, -0.05) is 6.92 Å². The van der Waals surface area contributed by atoms with E-state index in [0.717, 1.165) is 25.6 Å².